The second-order valence-electron chi connectivity index (χ2n) is 6.74. The lowest BCUT2D eigenvalue weighted by Gasteiger charge is -2.08. The zero-order chi connectivity index (χ0) is 20.6. The number of nitrogens with zero attached hydrogens (tertiary/aromatic N) is 2. The molecular weight excluding hydrogens is 368 g/mol. The largest absolute Gasteiger partial charge is 0.321 e. The van der Waals surface area contributed by atoms with Gasteiger partial charge in [0.25, 0.3) is 11.8 Å². The van der Waals surface area contributed by atoms with Crippen molar-refractivity contribution in [1.82, 2.24) is 15.3 Å². The van der Waals surface area contributed by atoms with Gasteiger partial charge in [0.15, 0.2) is 5.69 Å². The van der Waals surface area contributed by atoms with Gasteiger partial charge >= 0.3 is 0 Å². The van der Waals surface area contributed by atoms with Crippen LogP contribution in [0.3, 0.4) is 0 Å². The molecule has 150 valence electrons. The van der Waals surface area contributed by atoms with Crippen molar-refractivity contribution in [2.75, 3.05) is 5.32 Å². The summed E-state index contributed by atoms with van der Waals surface area (Å²) in [6.07, 6.45) is 2.87. The highest BCUT2D eigenvalue weighted by Crippen LogP contribution is 2.14. The molecule has 7 nitrogen and oxygen atoms in total. The number of rotatable bonds is 8. The third-order valence-electron chi connectivity index (χ3n) is 4.56. The summed E-state index contributed by atoms with van der Waals surface area (Å²) in [4.78, 5) is 24.1. The van der Waals surface area contributed by atoms with Crippen LogP contribution in [0.25, 0.3) is 0 Å². The van der Waals surface area contributed by atoms with Crippen molar-refractivity contribution in [3.05, 3.63) is 83.2 Å². The molecule has 0 spiro atoms. The zero-order valence-corrected chi connectivity index (χ0v) is 16.3. The molecule has 0 aliphatic rings. The fraction of sp³-hybridized carbons (Fsp3) is 0.227. The predicted molar refractivity (Wildman–Crippen MR) is 110 cm³/mol. The molecule has 0 saturated heterocycles. The summed E-state index contributed by atoms with van der Waals surface area (Å²) < 4.78 is 1.83. The molecule has 0 aliphatic carbocycles. The SMILES string of the molecule is CCCCc1cc(C(=O)Nc2ccccc2)nn1Cc1ccc(C(=O)NO)cc1. The van der Waals surface area contributed by atoms with Crippen LogP contribution in [0.15, 0.2) is 60.7 Å². The van der Waals surface area contributed by atoms with Gasteiger partial charge in [-0.3, -0.25) is 19.5 Å². The van der Waals surface area contributed by atoms with Gasteiger partial charge in [-0.05, 0) is 48.7 Å². The summed E-state index contributed by atoms with van der Waals surface area (Å²) in [7, 11) is 0. The molecule has 0 aliphatic heterocycles. The molecule has 3 rings (SSSR count). The molecule has 29 heavy (non-hydrogen) atoms. The van der Waals surface area contributed by atoms with E-state index in [4.69, 9.17) is 5.21 Å². The Labute approximate surface area is 169 Å². The third kappa shape index (κ3) is 5.30. The number of para-hydroxylation sites is 1. The molecule has 0 radical (unpaired) electrons. The first-order valence-electron chi connectivity index (χ1n) is 9.57. The molecule has 1 aromatic heterocycles. The fourth-order valence-electron chi connectivity index (χ4n) is 2.98. The molecule has 2 amide bonds. The van der Waals surface area contributed by atoms with Gasteiger partial charge in [-0.15, -0.1) is 0 Å². The van der Waals surface area contributed by atoms with Crippen molar-refractivity contribution < 1.29 is 14.8 Å². The number of anilines is 1. The van der Waals surface area contributed by atoms with E-state index < -0.39 is 5.91 Å². The first-order chi connectivity index (χ1) is 14.1. The van der Waals surface area contributed by atoms with Gasteiger partial charge in [-0.2, -0.15) is 5.10 Å². The zero-order valence-electron chi connectivity index (χ0n) is 16.3. The van der Waals surface area contributed by atoms with Gasteiger partial charge in [-0.25, -0.2) is 5.48 Å². The summed E-state index contributed by atoms with van der Waals surface area (Å²) in [5.74, 6) is -0.804. The van der Waals surface area contributed by atoms with Gasteiger partial charge < -0.3 is 5.32 Å². The molecular formula is C22H24N4O3. The van der Waals surface area contributed by atoms with Crippen molar-refractivity contribution in [3.8, 4) is 0 Å². The Balaban J connectivity index is 1.79. The molecule has 0 fully saturated rings. The summed E-state index contributed by atoms with van der Waals surface area (Å²) in [6.45, 7) is 2.60. The van der Waals surface area contributed by atoms with Crippen molar-refractivity contribution in [3.63, 3.8) is 0 Å². The number of nitrogens with one attached hydrogen (secondary N) is 2. The van der Waals surface area contributed by atoms with Crippen LogP contribution >= 0.6 is 0 Å². The van der Waals surface area contributed by atoms with Crippen LogP contribution in [0, 0.1) is 0 Å². The third-order valence-corrected chi connectivity index (χ3v) is 4.56. The van der Waals surface area contributed by atoms with Crippen molar-refractivity contribution in [2.24, 2.45) is 0 Å². The van der Waals surface area contributed by atoms with E-state index in [1.165, 1.54) is 0 Å². The molecule has 0 bridgehead atoms. The second kappa shape index (κ2) is 9.66. The number of hydrogen-bond acceptors (Lipinski definition) is 4. The quantitative estimate of drug-likeness (QED) is 0.403. The Hall–Kier alpha value is -3.45. The van der Waals surface area contributed by atoms with Gasteiger partial charge in [0.05, 0.1) is 6.54 Å². The number of carbonyl (C=O) groups excluding carboxylic acids is 2. The van der Waals surface area contributed by atoms with Gasteiger partial charge in [0.1, 0.15) is 0 Å². The average molecular weight is 392 g/mol. The van der Waals surface area contributed by atoms with E-state index in [0.29, 0.717) is 17.8 Å². The smallest absolute Gasteiger partial charge is 0.276 e. The predicted octanol–water partition coefficient (Wildman–Crippen LogP) is 3.65. The van der Waals surface area contributed by atoms with Crippen molar-refractivity contribution in [1.29, 1.82) is 0 Å². The number of unbranched alkanes of at least 4 members (excludes halogenated alkanes) is 1. The number of aryl methyl sites for hydroxylation is 1. The fourth-order valence-corrected chi connectivity index (χ4v) is 2.98. The van der Waals surface area contributed by atoms with Gasteiger partial charge in [-0.1, -0.05) is 43.7 Å². The maximum Gasteiger partial charge on any atom is 0.276 e. The number of hydroxylamine groups is 1. The topological polar surface area (TPSA) is 96.2 Å². The van der Waals surface area contributed by atoms with Crippen LogP contribution in [-0.4, -0.2) is 26.8 Å². The highest BCUT2D eigenvalue weighted by atomic mass is 16.5. The molecule has 3 N–H and O–H groups in total. The summed E-state index contributed by atoms with van der Waals surface area (Å²) in [6, 6.07) is 18.0. The van der Waals surface area contributed by atoms with Crippen molar-refractivity contribution >= 4 is 17.5 Å². The van der Waals surface area contributed by atoms with E-state index in [9.17, 15) is 9.59 Å². The van der Waals surface area contributed by atoms with Crippen LogP contribution in [0.1, 0.15) is 51.9 Å². The first kappa shape index (κ1) is 20.3. The van der Waals surface area contributed by atoms with E-state index in [1.807, 2.05) is 41.1 Å². The standard InChI is InChI=1S/C22H24N4O3/c1-2-3-9-19-14-20(22(28)23-18-7-5-4-6-8-18)24-26(19)15-16-10-12-17(13-11-16)21(27)25-29/h4-8,10-14,29H,2-3,9,15H2,1H3,(H,23,28)(H,25,27). The number of carbonyl (C=O) groups is 2. The number of aromatic nitrogens is 2. The van der Waals surface area contributed by atoms with Crippen LogP contribution in [-0.2, 0) is 13.0 Å². The molecule has 2 aromatic carbocycles. The Morgan fingerprint density at radius 3 is 2.41 bits per heavy atom. The minimum atomic E-state index is -0.556. The van der Waals surface area contributed by atoms with E-state index in [0.717, 1.165) is 36.2 Å². The number of benzene rings is 2. The van der Waals surface area contributed by atoms with E-state index >= 15 is 0 Å². The first-order valence-corrected chi connectivity index (χ1v) is 9.57. The van der Waals surface area contributed by atoms with Crippen molar-refractivity contribution in [2.45, 2.75) is 32.7 Å². The van der Waals surface area contributed by atoms with E-state index in [-0.39, 0.29) is 5.91 Å². The lowest BCUT2D eigenvalue weighted by atomic mass is 10.1. The Morgan fingerprint density at radius 1 is 1.03 bits per heavy atom. The average Bonchev–Trinajstić information content (AvgIpc) is 3.15. The molecule has 3 aromatic rings. The number of hydrogen-bond donors (Lipinski definition) is 3. The lowest BCUT2D eigenvalue weighted by Crippen LogP contribution is -2.18. The van der Waals surface area contributed by atoms with Crippen LogP contribution in [0.2, 0.25) is 0 Å². The number of amides is 2. The normalized spacial score (nSPS) is 10.6. The van der Waals surface area contributed by atoms with Crippen LogP contribution in [0.5, 0.6) is 0 Å². The van der Waals surface area contributed by atoms with Gasteiger partial charge in [0.2, 0.25) is 0 Å². The maximum absolute atomic E-state index is 12.6. The minimum Gasteiger partial charge on any atom is -0.321 e. The van der Waals surface area contributed by atoms with E-state index in [2.05, 4.69) is 17.3 Å². The van der Waals surface area contributed by atoms with Crippen LogP contribution < -0.4 is 10.8 Å². The Bertz CT molecular complexity index is 965. The summed E-state index contributed by atoms with van der Waals surface area (Å²) in [5, 5.41) is 16.1. The highest BCUT2D eigenvalue weighted by molar-refractivity contribution is 6.02. The second-order valence-corrected chi connectivity index (χ2v) is 6.74. The lowest BCUT2D eigenvalue weighted by molar-refractivity contribution is 0.0706. The Kier molecular flexibility index (Phi) is 6.76. The minimum absolute atomic E-state index is 0.248. The molecule has 0 unspecified atom stereocenters. The van der Waals surface area contributed by atoms with E-state index in [1.54, 1.807) is 29.7 Å². The summed E-state index contributed by atoms with van der Waals surface area (Å²) in [5.41, 5.74) is 5.01. The molecule has 7 heteroatoms. The van der Waals surface area contributed by atoms with Gasteiger partial charge in [0, 0.05) is 16.9 Å². The maximum atomic E-state index is 12.6. The van der Waals surface area contributed by atoms with Crippen LogP contribution in [0.4, 0.5) is 5.69 Å². The Morgan fingerprint density at radius 2 is 1.76 bits per heavy atom. The molecule has 1 heterocycles. The molecule has 0 saturated carbocycles. The monoisotopic (exact) mass is 392 g/mol. The summed E-state index contributed by atoms with van der Waals surface area (Å²) >= 11 is 0. The molecule has 0 atom stereocenters. The highest BCUT2D eigenvalue weighted by Gasteiger charge is 2.15.